The molecule has 2 amide bonds. The number of carboxylic acid groups (broad SMARTS) is 1. The first-order chi connectivity index (χ1) is 16.1. The molecule has 0 aliphatic heterocycles. The Morgan fingerprint density at radius 2 is 1.56 bits per heavy atom. The van der Waals surface area contributed by atoms with E-state index in [4.69, 9.17) is 9.84 Å². The van der Waals surface area contributed by atoms with Gasteiger partial charge in [-0.1, -0.05) is 69.3 Å². The van der Waals surface area contributed by atoms with E-state index < -0.39 is 23.5 Å². The number of carboxylic acids is 1. The molecule has 1 aliphatic rings. The minimum absolute atomic E-state index is 0.0566. The Balaban J connectivity index is 1.62. The van der Waals surface area contributed by atoms with Gasteiger partial charge in [0.05, 0.1) is 0 Å². The normalized spacial score (nSPS) is 13.5. The van der Waals surface area contributed by atoms with E-state index in [1.54, 1.807) is 11.9 Å². The van der Waals surface area contributed by atoms with Crippen molar-refractivity contribution in [2.24, 2.45) is 5.41 Å². The predicted octanol–water partition coefficient (Wildman–Crippen LogP) is 4.65. The van der Waals surface area contributed by atoms with Crippen LogP contribution in [0.5, 0.6) is 0 Å². The molecule has 0 fully saturated rings. The van der Waals surface area contributed by atoms with Crippen LogP contribution in [0.3, 0.4) is 0 Å². The fraction of sp³-hybridized carbons (Fsp3) is 0.444. The zero-order valence-electron chi connectivity index (χ0n) is 20.3. The van der Waals surface area contributed by atoms with Crippen molar-refractivity contribution in [1.82, 2.24) is 10.2 Å². The number of carbonyl (C=O) groups is 3. The zero-order valence-corrected chi connectivity index (χ0v) is 20.3. The van der Waals surface area contributed by atoms with Crippen molar-refractivity contribution < 1.29 is 24.2 Å². The van der Waals surface area contributed by atoms with Crippen LogP contribution in [0.2, 0.25) is 0 Å². The monoisotopic (exact) mass is 466 g/mol. The van der Waals surface area contributed by atoms with Crippen molar-refractivity contribution >= 4 is 18.0 Å². The van der Waals surface area contributed by atoms with Crippen molar-refractivity contribution in [2.75, 3.05) is 20.2 Å². The lowest BCUT2D eigenvalue weighted by molar-refractivity contribution is -0.137. The van der Waals surface area contributed by atoms with E-state index in [0.717, 1.165) is 22.3 Å². The van der Waals surface area contributed by atoms with Crippen LogP contribution in [0.25, 0.3) is 11.1 Å². The second kappa shape index (κ2) is 10.7. The van der Waals surface area contributed by atoms with Gasteiger partial charge in [0.25, 0.3) is 0 Å². The Hall–Kier alpha value is -3.35. The van der Waals surface area contributed by atoms with E-state index in [-0.39, 0.29) is 24.9 Å². The van der Waals surface area contributed by atoms with Gasteiger partial charge in [0.2, 0.25) is 5.91 Å². The van der Waals surface area contributed by atoms with E-state index in [2.05, 4.69) is 29.6 Å². The number of amides is 2. The van der Waals surface area contributed by atoms with Gasteiger partial charge in [0.1, 0.15) is 12.6 Å². The number of alkyl carbamates (subject to hydrolysis) is 1. The Bertz CT molecular complexity index is 998. The number of hydrogen-bond donors (Lipinski definition) is 2. The molecule has 3 rings (SSSR count). The second-order valence-electron chi connectivity index (χ2n) is 9.88. The Morgan fingerprint density at radius 3 is 2.09 bits per heavy atom. The van der Waals surface area contributed by atoms with Gasteiger partial charge >= 0.3 is 12.1 Å². The fourth-order valence-corrected chi connectivity index (χ4v) is 4.36. The van der Waals surface area contributed by atoms with Crippen LogP contribution < -0.4 is 5.32 Å². The summed E-state index contributed by atoms with van der Waals surface area (Å²) in [6.45, 7) is 6.26. The standard InChI is InChI=1S/C27H34N2O5/c1-27(2,3)24(25(32)29(4)16-10-9-15-23(30)31)28-26(33)34-17-22-20-13-7-5-11-18(20)19-12-6-8-14-21(19)22/h5-8,11-14,22,24H,9-10,15-17H2,1-4H3,(H,28,33)(H,30,31). The van der Waals surface area contributed by atoms with Gasteiger partial charge in [-0.15, -0.1) is 0 Å². The van der Waals surface area contributed by atoms with Gasteiger partial charge in [-0.3, -0.25) is 9.59 Å². The number of fused-ring (bicyclic) bond motifs is 3. The van der Waals surface area contributed by atoms with Crippen LogP contribution in [0.1, 0.15) is 57.1 Å². The molecule has 1 atom stereocenters. The SMILES string of the molecule is CN(CCCCC(=O)O)C(=O)C(NC(=O)OCC1c2ccccc2-c2ccccc21)C(C)(C)C. The van der Waals surface area contributed by atoms with Gasteiger partial charge in [-0.25, -0.2) is 4.79 Å². The summed E-state index contributed by atoms with van der Waals surface area (Å²) in [7, 11) is 1.67. The van der Waals surface area contributed by atoms with E-state index in [0.29, 0.717) is 19.4 Å². The molecule has 2 N–H and O–H groups in total. The van der Waals surface area contributed by atoms with Gasteiger partial charge in [-0.05, 0) is 40.5 Å². The molecule has 2 aromatic rings. The van der Waals surface area contributed by atoms with Crippen molar-refractivity contribution in [1.29, 1.82) is 0 Å². The van der Waals surface area contributed by atoms with E-state index in [1.807, 2.05) is 45.0 Å². The van der Waals surface area contributed by atoms with Gasteiger partial charge in [0.15, 0.2) is 0 Å². The molecule has 0 aromatic heterocycles. The molecule has 1 unspecified atom stereocenters. The summed E-state index contributed by atoms with van der Waals surface area (Å²) < 4.78 is 5.63. The van der Waals surface area contributed by atoms with E-state index in [1.165, 1.54) is 0 Å². The minimum atomic E-state index is -0.849. The first kappa shape index (κ1) is 25.3. The lowest BCUT2D eigenvalue weighted by Crippen LogP contribution is -2.54. The fourth-order valence-electron chi connectivity index (χ4n) is 4.36. The smallest absolute Gasteiger partial charge is 0.407 e. The van der Waals surface area contributed by atoms with Gasteiger partial charge in [-0.2, -0.15) is 0 Å². The van der Waals surface area contributed by atoms with Crippen LogP contribution >= 0.6 is 0 Å². The summed E-state index contributed by atoms with van der Waals surface area (Å²) in [6.07, 6.45) is 0.515. The molecule has 0 saturated heterocycles. The maximum atomic E-state index is 13.1. The molecule has 0 saturated carbocycles. The number of benzene rings is 2. The number of likely N-dealkylation sites (N-methyl/N-ethyl adjacent to an activating group) is 1. The van der Waals surface area contributed by atoms with E-state index in [9.17, 15) is 14.4 Å². The van der Waals surface area contributed by atoms with Crippen LogP contribution in [-0.2, 0) is 14.3 Å². The highest BCUT2D eigenvalue weighted by Crippen LogP contribution is 2.44. The Labute approximate surface area is 201 Å². The first-order valence-electron chi connectivity index (χ1n) is 11.7. The molecule has 182 valence electrons. The molecule has 7 nitrogen and oxygen atoms in total. The maximum absolute atomic E-state index is 13.1. The molecule has 7 heteroatoms. The largest absolute Gasteiger partial charge is 0.481 e. The lowest BCUT2D eigenvalue weighted by atomic mass is 9.86. The number of nitrogens with zero attached hydrogens (tertiary/aromatic N) is 1. The van der Waals surface area contributed by atoms with Crippen molar-refractivity contribution in [3.05, 3.63) is 59.7 Å². The molecule has 0 radical (unpaired) electrons. The van der Waals surface area contributed by atoms with Crippen LogP contribution in [0, 0.1) is 5.41 Å². The van der Waals surface area contributed by atoms with Crippen molar-refractivity contribution in [3.8, 4) is 11.1 Å². The minimum Gasteiger partial charge on any atom is -0.481 e. The number of nitrogens with one attached hydrogen (secondary N) is 1. The number of ether oxygens (including phenoxy) is 1. The highest BCUT2D eigenvalue weighted by atomic mass is 16.5. The summed E-state index contributed by atoms with van der Waals surface area (Å²) in [5.41, 5.74) is 4.03. The maximum Gasteiger partial charge on any atom is 0.407 e. The molecule has 2 aromatic carbocycles. The highest BCUT2D eigenvalue weighted by molar-refractivity contribution is 5.86. The molecular formula is C27H34N2O5. The van der Waals surface area contributed by atoms with Gasteiger partial charge in [0, 0.05) is 25.9 Å². The number of hydrogen-bond acceptors (Lipinski definition) is 4. The Morgan fingerprint density at radius 1 is 1.00 bits per heavy atom. The van der Waals surface area contributed by atoms with Crippen molar-refractivity contribution in [3.63, 3.8) is 0 Å². The van der Waals surface area contributed by atoms with Crippen LogP contribution in [0.15, 0.2) is 48.5 Å². The van der Waals surface area contributed by atoms with Crippen LogP contribution in [-0.4, -0.2) is 54.2 Å². The van der Waals surface area contributed by atoms with Crippen molar-refractivity contribution in [2.45, 2.75) is 52.0 Å². The number of rotatable bonds is 9. The van der Waals surface area contributed by atoms with E-state index >= 15 is 0 Å². The molecular weight excluding hydrogens is 432 g/mol. The molecule has 1 aliphatic carbocycles. The number of carbonyl (C=O) groups excluding carboxylic acids is 2. The summed E-state index contributed by atoms with van der Waals surface area (Å²) in [5.74, 6) is -1.13. The third kappa shape index (κ3) is 5.95. The average molecular weight is 467 g/mol. The molecule has 0 heterocycles. The highest BCUT2D eigenvalue weighted by Gasteiger charge is 2.36. The summed E-state index contributed by atoms with van der Waals surface area (Å²) in [4.78, 5) is 38.1. The molecule has 0 spiro atoms. The summed E-state index contributed by atoms with van der Waals surface area (Å²) >= 11 is 0. The van der Waals surface area contributed by atoms with Gasteiger partial charge < -0.3 is 20.1 Å². The Kier molecular flexibility index (Phi) is 7.97. The summed E-state index contributed by atoms with van der Waals surface area (Å²) in [5, 5.41) is 11.5. The third-order valence-corrected chi connectivity index (χ3v) is 6.23. The second-order valence-corrected chi connectivity index (χ2v) is 9.88. The predicted molar refractivity (Wildman–Crippen MR) is 131 cm³/mol. The molecule has 0 bridgehead atoms. The summed E-state index contributed by atoms with van der Waals surface area (Å²) in [6, 6.07) is 15.5. The topological polar surface area (TPSA) is 95.9 Å². The van der Waals surface area contributed by atoms with Crippen LogP contribution in [0.4, 0.5) is 4.79 Å². The quantitative estimate of drug-likeness (QED) is 0.525. The number of unbranched alkanes of at least 4 members (excludes halogenated alkanes) is 1. The lowest BCUT2D eigenvalue weighted by Gasteiger charge is -2.33. The number of aliphatic carboxylic acids is 1. The average Bonchev–Trinajstić information content (AvgIpc) is 3.11. The zero-order chi connectivity index (χ0) is 24.9. The molecule has 34 heavy (non-hydrogen) atoms. The first-order valence-corrected chi connectivity index (χ1v) is 11.7. The third-order valence-electron chi connectivity index (χ3n) is 6.23.